The van der Waals surface area contributed by atoms with Gasteiger partial charge in [-0.25, -0.2) is 8.42 Å². The minimum atomic E-state index is -3.52. The van der Waals surface area contributed by atoms with Crippen molar-refractivity contribution < 1.29 is 8.42 Å². The maximum Gasteiger partial charge on any atom is 0.184 e. The van der Waals surface area contributed by atoms with Crippen molar-refractivity contribution in [1.29, 1.82) is 0 Å². The van der Waals surface area contributed by atoms with Gasteiger partial charge in [0.1, 0.15) is 0 Å². The molecule has 0 fully saturated rings. The number of anilines is 1. The van der Waals surface area contributed by atoms with Gasteiger partial charge in [-0.3, -0.25) is 0 Å². The van der Waals surface area contributed by atoms with E-state index in [0.29, 0.717) is 5.02 Å². The van der Waals surface area contributed by atoms with Crippen LogP contribution in [0, 0.1) is 13.8 Å². The highest BCUT2D eigenvalue weighted by Gasteiger charge is 2.20. The van der Waals surface area contributed by atoms with Crippen molar-refractivity contribution in [1.82, 2.24) is 0 Å². The van der Waals surface area contributed by atoms with E-state index in [9.17, 15) is 8.42 Å². The molecule has 2 aromatic carbocycles. The van der Waals surface area contributed by atoms with Crippen LogP contribution in [0.2, 0.25) is 5.02 Å². The fraction of sp³-hybridized carbons (Fsp3) is 0.200. The highest BCUT2D eigenvalue weighted by atomic mass is 35.5. The first kappa shape index (κ1) is 14.9. The third-order valence-corrected chi connectivity index (χ3v) is 5.11. The number of halogens is 1. The van der Waals surface area contributed by atoms with Crippen LogP contribution in [0.25, 0.3) is 0 Å². The molecule has 2 aromatic rings. The number of aryl methyl sites for hydroxylation is 2. The molecule has 2 rings (SSSR count). The summed E-state index contributed by atoms with van der Waals surface area (Å²) in [7, 11) is -3.52. The lowest BCUT2D eigenvalue weighted by Gasteiger charge is -2.10. The number of hydrogen-bond acceptors (Lipinski definition) is 3. The summed E-state index contributed by atoms with van der Waals surface area (Å²) in [5.41, 5.74) is 8.74. The van der Waals surface area contributed by atoms with E-state index >= 15 is 0 Å². The third-order valence-electron chi connectivity index (χ3n) is 3.16. The lowest BCUT2D eigenvalue weighted by molar-refractivity contribution is 0.595. The second kappa shape index (κ2) is 5.46. The molecular weight excluding hydrogens is 294 g/mol. The predicted octanol–water partition coefficient (Wildman–Crippen LogP) is 3.51. The number of hydrogen-bond donors (Lipinski definition) is 1. The van der Waals surface area contributed by atoms with Gasteiger partial charge in [0.15, 0.2) is 9.84 Å². The van der Waals surface area contributed by atoms with Gasteiger partial charge in [-0.15, -0.1) is 0 Å². The Hall–Kier alpha value is -1.52. The van der Waals surface area contributed by atoms with Gasteiger partial charge in [-0.1, -0.05) is 35.4 Å². The Labute approximate surface area is 124 Å². The van der Waals surface area contributed by atoms with E-state index in [-0.39, 0.29) is 16.3 Å². The average Bonchev–Trinajstić information content (AvgIpc) is 2.36. The summed E-state index contributed by atoms with van der Waals surface area (Å²) in [5, 5.41) is 0.360. The Morgan fingerprint density at radius 1 is 1.10 bits per heavy atom. The van der Waals surface area contributed by atoms with Gasteiger partial charge < -0.3 is 5.73 Å². The van der Waals surface area contributed by atoms with E-state index < -0.39 is 9.84 Å². The lowest BCUT2D eigenvalue weighted by atomic mass is 10.1. The van der Waals surface area contributed by atoms with Crippen LogP contribution >= 0.6 is 11.6 Å². The van der Waals surface area contributed by atoms with Crippen LogP contribution in [-0.4, -0.2) is 8.42 Å². The maximum atomic E-state index is 12.5. The molecule has 0 aliphatic carbocycles. The minimum Gasteiger partial charge on any atom is -0.398 e. The fourth-order valence-electron chi connectivity index (χ4n) is 2.02. The molecule has 0 saturated heterocycles. The van der Waals surface area contributed by atoms with Gasteiger partial charge >= 0.3 is 0 Å². The molecule has 3 nitrogen and oxygen atoms in total. The molecule has 0 unspecified atom stereocenters. The summed E-state index contributed by atoms with van der Waals surface area (Å²) >= 11 is 5.86. The summed E-state index contributed by atoms with van der Waals surface area (Å²) < 4.78 is 25.0. The largest absolute Gasteiger partial charge is 0.398 e. The van der Waals surface area contributed by atoms with Gasteiger partial charge in [-0.2, -0.15) is 0 Å². The predicted molar refractivity (Wildman–Crippen MR) is 82.7 cm³/mol. The molecule has 0 bridgehead atoms. The molecule has 0 heterocycles. The molecule has 0 aromatic heterocycles. The van der Waals surface area contributed by atoms with Crippen LogP contribution in [0.1, 0.15) is 16.7 Å². The normalized spacial score (nSPS) is 11.6. The first-order valence-corrected chi connectivity index (χ1v) is 8.16. The standard InChI is InChI=1S/C15H16ClNO2S/c1-10-3-4-11(2)12(7-10)9-20(18,19)15-8-13(16)5-6-14(15)17/h3-8H,9,17H2,1-2H3. The van der Waals surface area contributed by atoms with Crippen molar-refractivity contribution in [3.05, 3.63) is 58.1 Å². The number of sulfone groups is 1. The smallest absolute Gasteiger partial charge is 0.184 e. The number of nitrogen functional groups attached to an aromatic ring is 1. The van der Waals surface area contributed by atoms with E-state index in [1.807, 2.05) is 32.0 Å². The number of nitrogens with two attached hydrogens (primary N) is 1. The Kier molecular flexibility index (Phi) is 4.06. The molecule has 0 aliphatic heterocycles. The Morgan fingerprint density at radius 3 is 2.50 bits per heavy atom. The van der Waals surface area contributed by atoms with E-state index in [1.165, 1.54) is 12.1 Å². The summed E-state index contributed by atoms with van der Waals surface area (Å²) in [6.07, 6.45) is 0. The molecule has 0 spiro atoms. The zero-order valence-electron chi connectivity index (χ0n) is 11.4. The topological polar surface area (TPSA) is 60.2 Å². The maximum absolute atomic E-state index is 12.5. The van der Waals surface area contributed by atoms with Crippen LogP contribution < -0.4 is 5.73 Å². The number of rotatable bonds is 3. The van der Waals surface area contributed by atoms with Crippen molar-refractivity contribution in [2.24, 2.45) is 0 Å². The summed E-state index contributed by atoms with van der Waals surface area (Å²) in [6.45, 7) is 3.83. The molecule has 2 N–H and O–H groups in total. The second-order valence-corrected chi connectivity index (χ2v) is 7.27. The van der Waals surface area contributed by atoms with Crippen molar-refractivity contribution in [3.63, 3.8) is 0 Å². The number of benzene rings is 2. The van der Waals surface area contributed by atoms with E-state index in [4.69, 9.17) is 17.3 Å². The molecule has 0 atom stereocenters. The lowest BCUT2D eigenvalue weighted by Crippen LogP contribution is -2.09. The van der Waals surface area contributed by atoms with Gasteiger partial charge in [0.2, 0.25) is 0 Å². The first-order valence-electron chi connectivity index (χ1n) is 6.13. The fourth-order valence-corrected chi connectivity index (χ4v) is 3.86. The van der Waals surface area contributed by atoms with E-state index in [1.54, 1.807) is 6.07 Å². The quantitative estimate of drug-likeness (QED) is 0.883. The molecular formula is C15H16ClNO2S. The van der Waals surface area contributed by atoms with Gasteiger partial charge in [0.25, 0.3) is 0 Å². The minimum absolute atomic E-state index is 0.0783. The van der Waals surface area contributed by atoms with Crippen molar-refractivity contribution in [2.75, 3.05) is 5.73 Å². The van der Waals surface area contributed by atoms with Gasteiger partial charge in [0.05, 0.1) is 16.3 Å². The highest BCUT2D eigenvalue weighted by molar-refractivity contribution is 7.90. The zero-order valence-corrected chi connectivity index (χ0v) is 12.9. The van der Waals surface area contributed by atoms with Crippen molar-refractivity contribution in [2.45, 2.75) is 24.5 Å². The van der Waals surface area contributed by atoms with Crippen LogP contribution in [0.5, 0.6) is 0 Å². The molecule has 0 saturated carbocycles. The molecule has 20 heavy (non-hydrogen) atoms. The highest BCUT2D eigenvalue weighted by Crippen LogP contribution is 2.26. The molecule has 0 aliphatic rings. The van der Waals surface area contributed by atoms with E-state index in [2.05, 4.69) is 0 Å². The van der Waals surface area contributed by atoms with Crippen molar-refractivity contribution >= 4 is 27.1 Å². The van der Waals surface area contributed by atoms with Crippen LogP contribution in [0.15, 0.2) is 41.3 Å². The average molecular weight is 310 g/mol. The second-order valence-electron chi connectivity index (χ2n) is 4.87. The molecule has 106 valence electrons. The SMILES string of the molecule is Cc1ccc(C)c(CS(=O)(=O)c2cc(Cl)ccc2N)c1. The Balaban J connectivity index is 2.46. The van der Waals surface area contributed by atoms with Gasteiger partial charge in [0, 0.05) is 5.02 Å². The van der Waals surface area contributed by atoms with Crippen LogP contribution in [-0.2, 0) is 15.6 Å². The summed E-state index contributed by atoms with van der Waals surface area (Å²) in [5.74, 6) is -0.0783. The zero-order chi connectivity index (χ0) is 14.9. The third kappa shape index (κ3) is 3.14. The Bertz CT molecular complexity index is 754. The van der Waals surface area contributed by atoms with Crippen LogP contribution in [0.3, 0.4) is 0 Å². The Morgan fingerprint density at radius 2 is 1.80 bits per heavy atom. The summed E-state index contributed by atoms with van der Waals surface area (Å²) in [6, 6.07) is 10.2. The molecule has 0 amide bonds. The van der Waals surface area contributed by atoms with Crippen LogP contribution in [0.4, 0.5) is 5.69 Å². The first-order chi connectivity index (χ1) is 9.29. The van der Waals surface area contributed by atoms with Crippen molar-refractivity contribution in [3.8, 4) is 0 Å². The molecule has 5 heteroatoms. The van der Waals surface area contributed by atoms with Gasteiger partial charge in [-0.05, 0) is 43.2 Å². The van der Waals surface area contributed by atoms with E-state index in [0.717, 1.165) is 16.7 Å². The monoisotopic (exact) mass is 309 g/mol. The molecule has 0 radical (unpaired) electrons. The summed E-state index contributed by atoms with van der Waals surface area (Å²) in [4.78, 5) is 0.0888.